The SMILES string of the molecule is O=C(N[C@H]1CCc2nccn2C1)[C@H]1CC(=O)N(Cc2ccccc2)C1. The summed E-state index contributed by atoms with van der Waals surface area (Å²) in [7, 11) is 0. The zero-order valence-corrected chi connectivity index (χ0v) is 14.1. The van der Waals surface area contributed by atoms with Gasteiger partial charge in [-0.1, -0.05) is 30.3 Å². The van der Waals surface area contributed by atoms with Crippen molar-refractivity contribution < 1.29 is 9.59 Å². The summed E-state index contributed by atoms with van der Waals surface area (Å²) in [5, 5.41) is 3.13. The van der Waals surface area contributed by atoms with Crippen LogP contribution in [0.1, 0.15) is 24.2 Å². The third kappa shape index (κ3) is 3.43. The van der Waals surface area contributed by atoms with Gasteiger partial charge in [-0.25, -0.2) is 4.98 Å². The quantitative estimate of drug-likeness (QED) is 0.915. The van der Waals surface area contributed by atoms with Crippen molar-refractivity contribution in [1.29, 1.82) is 0 Å². The Morgan fingerprint density at radius 2 is 2.08 bits per heavy atom. The molecule has 0 aliphatic carbocycles. The summed E-state index contributed by atoms with van der Waals surface area (Å²) in [5.41, 5.74) is 1.09. The van der Waals surface area contributed by atoms with E-state index >= 15 is 0 Å². The first-order chi connectivity index (χ1) is 12.2. The van der Waals surface area contributed by atoms with E-state index in [1.165, 1.54) is 0 Å². The highest BCUT2D eigenvalue weighted by Gasteiger charge is 2.35. The molecule has 4 rings (SSSR count). The molecular formula is C19H22N4O2. The van der Waals surface area contributed by atoms with Crippen LogP contribution in [0.25, 0.3) is 0 Å². The minimum Gasteiger partial charge on any atom is -0.351 e. The van der Waals surface area contributed by atoms with Crippen LogP contribution in [-0.4, -0.2) is 38.9 Å². The highest BCUT2D eigenvalue weighted by atomic mass is 16.2. The van der Waals surface area contributed by atoms with Crippen molar-refractivity contribution in [3.63, 3.8) is 0 Å². The van der Waals surface area contributed by atoms with Gasteiger partial charge in [0.05, 0.1) is 5.92 Å². The van der Waals surface area contributed by atoms with Crippen molar-refractivity contribution in [2.75, 3.05) is 6.54 Å². The molecule has 1 aromatic heterocycles. The van der Waals surface area contributed by atoms with Gasteiger partial charge in [0.15, 0.2) is 0 Å². The van der Waals surface area contributed by atoms with E-state index < -0.39 is 0 Å². The zero-order chi connectivity index (χ0) is 17.2. The second kappa shape index (κ2) is 6.70. The van der Waals surface area contributed by atoms with Crippen LogP contribution in [0.15, 0.2) is 42.7 Å². The largest absolute Gasteiger partial charge is 0.351 e. The lowest BCUT2D eigenvalue weighted by molar-refractivity contribution is -0.129. The van der Waals surface area contributed by atoms with Gasteiger partial charge in [0.25, 0.3) is 0 Å². The molecule has 6 heteroatoms. The van der Waals surface area contributed by atoms with Crippen LogP contribution < -0.4 is 5.32 Å². The monoisotopic (exact) mass is 338 g/mol. The average Bonchev–Trinajstić information content (AvgIpc) is 3.22. The van der Waals surface area contributed by atoms with Gasteiger partial charge in [-0.2, -0.15) is 0 Å². The molecule has 0 unspecified atom stereocenters. The van der Waals surface area contributed by atoms with Crippen LogP contribution in [-0.2, 0) is 29.1 Å². The lowest BCUT2D eigenvalue weighted by atomic mass is 10.0. The van der Waals surface area contributed by atoms with Gasteiger partial charge in [0, 0.05) is 50.9 Å². The highest BCUT2D eigenvalue weighted by Crippen LogP contribution is 2.21. The molecule has 0 spiro atoms. The molecule has 2 aliphatic heterocycles. The molecule has 25 heavy (non-hydrogen) atoms. The molecule has 130 valence electrons. The van der Waals surface area contributed by atoms with Crippen LogP contribution in [0, 0.1) is 5.92 Å². The van der Waals surface area contributed by atoms with Gasteiger partial charge in [-0.15, -0.1) is 0 Å². The van der Waals surface area contributed by atoms with Crippen LogP contribution in [0.2, 0.25) is 0 Å². The summed E-state index contributed by atoms with van der Waals surface area (Å²) in [5.74, 6) is 0.887. The predicted molar refractivity (Wildman–Crippen MR) is 92.4 cm³/mol. The molecule has 2 atom stereocenters. The number of aryl methyl sites for hydroxylation is 1. The molecule has 2 aromatic rings. The zero-order valence-electron chi connectivity index (χ0n) is 14.1. The Hall–Kier alpha value is -2.63. The van der Waals surface area contributed by atoms with E-state index in [2.05, 4.69) is 14.9 Å². The number of likely N-dealkylation sites (tertiary alicyclic amines) is 1. The Kier molecular flexibility index (Phi) is 4.26. The number of amides is 2. The number of nitrogens with zero attached hydrogens (tertiary/aromatic N) is 3. The maximum atomic E-state index is 12.6. The fourth-order valence-corrected chi connectivity index (χ4v) is 3.71. The molecule has 2 aliphatic rings. The van der Waals surface area contributed by atoms with Crippen LogP contribution in [0.3, 0.4) is 0 Å². The number of imidazole rings is 1. The smallest absolute Gasteiger partial charge is 0.225 e. The summed E-state index contributed by atoms with van der Waals surface area (Å²) >= 11 is 0. The standard InChI is InChI=1S/C19H22N4O2/c24-18-10-15(12-23(18)11-14-4-2-1-3-5-14)19(25)21-16-6-7-17-20-8-9-22(17)13-16/h1-5,8-9,15-16H,6-7,10-13H2,(H,21,25)/t15-,16-/m0/s1. The Labute approximate surface area is 146 Å². The van der Waals surface area contributed by atoms with E-state index in [-0.39, 0.29) is 23.8 Å². The minimum atomic E-state index is -0.250. The number of fused-ring (bicyclic) bond motifs is 1. The first-order valence-corrected chi connectivity index (χ1v) is 8.81. The Morgan fingerprint density at radius 3 is 2.92 bits per heavy atom. The first kappa shape index (κ1) is 15.9. The summed E-state index contributed by atoms with van der Waals surface area (Å²) in [4.78, 5) is 30.9. The number of hydrogen-bond donors (Lipinski definition) is 1. The van der Waals surface area contributed by atoms with Crippen molar-refractivity contribution in [1.82, 2.24) is 19.8 Å². The lowest BCUT2D eigenvalue weighted by Crippen LogP contribution is -2.44. The molecule has 3 heterocycles. The van der Waals surface area contributed by atoms with E-state index in [0.29, 0.717) is 19.5 Å². The molecule has 1 fully saturated rings. The van der Waals surface area contributed by atoms with E-state index in [0.717, 1.165) is 30.8 Å². The van der Waals surface area contributed by atoms with Gasteiger partial charge in [0.2, 0.25) is 11.8 Å². The molecule has 1 N–H and O–H groups in total. The molecule has 1 aromatic carbocycles. The normalized spacial score (nSPS) is 22.7. The van der Waals surface area contributed by atoms with Crippen LogP contribution in [0.4, 0.5) is 0 Å². The van der Waals surface area contributed by atoms with E-state index in [1.54, 1.807) is 11.1 Å². The van der Waals surface area contributed by atoms with Crippen molar-refractivity contribution in [2.24, 2.45) is 5.92 Å². The first-order valence-electron chi connectivity index (χ1n) is 8.81. The molecule has 2 amide bonds. The fourth-order valence-electron chi connectivity index (χ4n) is 3.71. The van der Waals surface area contributed by atoms with Gasteiger partial charge in [-0.05, 0) is 12.0 Å². The third-order valence-electron chi connectivity index (χ3n) is 5.08. The predicted octanol–water partition coefficient (Wildman–Crippen LogP) is 1.36. The van der Waals surface area contributed by atoms with Crippen molar-refractivity contribution in [3.05, 3.63) is 54.1 Å². The van der Waals surface area contributed by atoms with Crippen LogP contribution >= 0.6 is 0 Å². The number of benzene rings is 1. The maximum Gasteiger partial charge on any atom is 0.225 e. The molecule has 0 bridgehead atoms. The summed E-state index contributed by atoms with van der Waals surface area (Å²) in [6.07, 6.45) is 5.84. The van der Waals surface area contributed by atoms with Crippen LogP contribution in [0.5, 0.6) is 0 Å². The van der Waals surface area contributed by atoms with Gasteiger partial charge >= 0.3 is 0 Å². The summed E-state index contributed by atoms with van der Waals surface area (Å²) in [6.45, 7) is 1.84. The summed E-state index contributed by atoms with van der Waals surface area (Å²) < 4.78 is 2.09. The van der Waals surface area contributed by atoms with E-state index in [9.17, 15) is 9.59 Å². The fraction of sp³-hybridized carbons (Fsp3) is 0.421. The molecule has 6 nitrogen and oxygen atoms in total. The number of rotatable bonds is 4. The van der Waals surface area contributed by atoms with Gasteiger partial charge < -0.3 is 14.8 Å². The lowest BCUT2D eigenvalue weighted by Gasteiger charge is -2.26. The van der Waals surface area contributed by atoms with Crippen molar-refractivity contribution >= 4 is 11.8 Å². The van der Waals surface area contributed by atoms with Gasteiger partial charge in [-0.3, -0.25) is 9.59 Å². The van der Waals surface area contributed by atoms with E-state index in [1.807, 2.05) is 36.5 Å². The molecule has 1 saturated heterocycles. The Balaban J connectivity index is 1.33. The van der Waals surface area contributed by atoms with Crippen molar-refractivity contribution in [3.8, 4) is 0 Å². The van der Waals surface area contributed by atoms with E-state index in [4.69, 9.17) is 0 Å². The molecular weight excluding hydrogens is 316 g/mol. The minimum absolute atomic E-state index is 0.00234. The molecule has 0 saturated carbocycles. The highest BCUT2D eigenvalue weighted by molar-refractivity contribution is 5.89. The number of hydrogen-bond acceptors (Lipinski definition) is 3. The second-order valence-electron chi connectivity index (χ2n) is 6.90. The second-order valence-corrected chi connectivity index (χ2v) is 6.90. The third-order valence-corrected chi connectivity index (χ3v) is 5.08. The number of aromatic nitrogens is 2. The Morgan fingerprint density at radius 1 is 1.24 bits per heavy atom. The number of nitrogens with one attached hydrogen (secondary N) is 1. The summed E-state index contributed by atoms with van der Waals surface area (Å²) in [6, 6.07) is 10.0. The maximum absolute atomic E-state index is 12.6. The number of carbonyl (C=O) groups is 2. The average molecular weight is 338 g/mol. The Bertz CT molecular complexity index is 771. The van der Waals surface area contributed by atoms with Crippen molar-refractivity contribution in [2.45, 2.75) is 38.4 Å². The molecule has 0 radical (unpaired) electrons. The van der Waals surface area contributed by atoms with Gasteiger partial charge in [0.1, 0.15) is 5.82 Å². The topological polar surface area (TPSA) is 67.2 Å². The number of carbonyl (C=O) groups excluding carboxylic acids is 2.